The Kier molecular flexibility index (Phi) is 4.14. The lowest BCUT2D eigenvalue weighted by Gasteiger charge is -2.14. The van der Waals surface area contributed by atoms with Crippen LogP contribution in [-0.4, -0.2) is 23.8 Å². The third kappa shape index (κ3) is 3.10. The predicted octanol–water partition coefficient (Wildman–Crippen LogP) is 2.23. The van der Waals surface area contributed by atoms with E-state index in [1.54, 1.807) is 18.2 Å². The molecule has 102 valence electrons. The van der Waals surface area contributed by atoms with E-state index in [2.05, 4.69) is 10.5 Å². The van der Waals surface area contributed by atoms with Crippen molar-refractivity contribution in [3.8, 4) is 0 Å². The zero-order valence-electron chi connectivity index (χ0n) is 11.0. The van der Waals surface area contributed by atoms with Gasteiger partial charge in [0.15, 0.2) is 0 Å². The highest BCUT2D eigenvalue weighted by atomic mass is 19.1. The summed E-state index contributed by atoms with van der Waals surface area (Å²) in [5.41, 5.74) is 0.865. The van der Waals surface area contributed by atoms with E-state index in [1.807, 2.05) is 13.8 Å². The number of nitrogens with zero attached hydrogens (tertiary/aromatic N) is 1. The van der Waals surface area contributed by atoms with Crippen molar-refractivity contribution >= 4 is 11.6 Å². The molecule has 0 saturated carbocycles. The van der Waals surface area contributed by atoms with Gasteiger partial charge in [-0.1, -0.05) is 30.3 Å². The SMILES string of the molecule is CCC(C)NC(=O)C1CC(c2ccccc2F)=NO1. The van der Waals surface area contributed by atoms with Gasteiger partial charge in [-0.05, 0) is 19.4 Å². The van der Waals surface area contributed by atoms with Crippen LogP contribution in [0, 0.1) is 5.82 Å². The summed E-state index contributed by atoms with van der Waals surface area (Å²) in [5.74, 6) is -0.558. The maximum Gasteiger partial charge on any atom is 0.264 e. The van der Waals surface area contributed by atoms with Crippen LogP contribution in [0.2, 0.25) is 0 Å². The Labute approximate surface area is 111 Å². The summed E-state index contributed by atoms with van der Waals surface area (Å²) in [6, 6.07) is 6.43. The predicted molar refractivity (Wildman–Crippen MR) is 70.3 cm³/mol. The van der Waals surface area contributed by atoms with Crippen LogP contribution in [0.4, 0.5) is 4.39 Å². The Morgan fingerprint density at radius 1 is 1.58 bits per heavy atom. The number of hydrogen-bond donors (Lipinski definition) is 1. The van der Waals surface area contributed by atoms with Crippen molar-refractivity contribution in [2.45, 2.75) is 38.8 Å². The lowest BCUT2D eigenvalue weighted by Crippen LogP contribution is -2.39. The van der Waals surface area contributed by atoms with Crippen LogP contribution in [-0.2, 0) is 9.63 Å². The Bertz CT molecular complexity index is 502. The summed E-state index contributed by atoms with van der Waals surface area (Å²) in [4.78, 5) is 17.0. The monoisotopic (exact) mass is 264 g/mol. The van der Waals surface area contributed by atoms with Gasteiger partial charge in [-0.25, -0.2) is 4.39 Å². The largest absolute Gasteiger partial charge is 0.382 e. The highest BCUT2D eigenvalue weighted by Gasteiger charge is 2.30. The van der Waals surface area contributed by atoms with Crippen molar-refractivity contribution in [2.75, 3.05) is 0 Å². The standard InChI is InChI=1S/C14H17FN2O2/c1-3-9(2)16-14(18)13-8-12(17-19-13)10-6-4-5-7-11(10)15/h4-7,9,13H,3,8H2,1-2H3,(H,16,18). The third-order valence-electron chi connectivity index (χ3n) is 3.15. The Hall–Kier alpha value is -1.91. The molecule has 5 heteroatoms. The Balaban J connectivity index is 2.00. The third-order valence-corrected chi connectivity index (χ3v) is 3.15. The van der Waals surface area contributed by atoms with Crippen molar-refractivity contribution in [1.82, 2.24) is 5.32 Å². The van der Waals surface area contributed by atoms with Crippen LogP contribution in [0.15, 0.2) is 29.4 Å². The fourth-order valence-electron chi connectivity index (χ4n) is 1.81. The minimum atomic E-state index is -0.663. The van der Waals surface area contributed by atoms with Crippen LogP contribution in [0.5, 0.6) is 0 Å². The van der Waals surface area contributed by atoms with Crippen molar-refractivity contribution in [3.63, 3.8) is 0 Å². The van der Waals surface area contributed by atoms with Crippen molar-refractivity contribution in [1.29, 1.82) is 0 Å². The fourth-order valence-corrected chi connectivity index (χ4v) is 1.81. The molecule has 19 heavy (non-hydrogen) atoms. The van der Waals surface area contributed by atoms with Crippen molar-refractivity contribution in [2.24, 2.45) is 5.16 Å². The molecule has 0 spiro atoms. The number of hydrogen-bond acceptors (Lipinski definition) is 3. The minimum absolute atomic E-state index is 0.0913. The van der Waals surface area contributed by atoms with Crippen molar-refractivity contribution < 1.29 is 14.0 Å². The molecular formula is C14H17FN2O2. The maximum absolute atomic E-state index is 13.6. The van der Waals surface area contributed by atoms with Crippen molar-refractivity contribution in [3.05, 3.63) is 35.6 Å². The van der Waals surface area contributed by atoms with E-state index in [4.69, 9.17) is 4.84 Å². The molecule has 1 aromatic rings. The molecule has 4 nitrogen and oxygen atoms in total. The summed E-state index contributed by atoms with van der Waals surface area (Å²) < 4.78 is 13.6. The molecule has 0 bridgehead atoms. The van der Waals surface area contributed by atoms with Crippen LogP contribution in [0.3, 0.4) is 0 Å². The Morgan fingerprint density at radius 3 is 3.00 bits per heavy atom. The number of rotatable bonds is 4. The number of amides is 1. The summed E-state index contributed by atoms with van der Waals surface area (Å²) >= 11 is 0. The van der Waals surface area contributed by atoms with E-state index in [9.17, 15) is 9.18 Å². The molecule has 0 aromatic heterocycles. The molecule has 2 unspecified atom stereocenters. The molecule has 1 aliphatic heterocycles. The summed E-state index contributed by atoms with van der Waals surface area (Å²) in [5, 5.41) is 6.65. The minimum Gasteiger partial charge on any atom is -0.382 e. The van der Waals surface area contributed by atoms with Gasteiger partial charge in [0, 0.05) is 18.0 Å². The van der Waals surface area contributed by atoms with E-state index in [0.717, 1.165) is 6.42 Å². The summed E-state index contributed by atoms with van der Waals surface area (Å²) in [7, 11) is 0. The van der Waals surface area contributed by atoms with Gasteiger partial charge in [0.2, 0.25) is 6.10 Å². The quantitative estimate of drug-likeness (QED) is 0.906. The number of carbonyl (C=O) groups excluding carboxylic acids is 1. The first-order valence-electron chi connectivity index (χ1n) is 6.39. The Morgan fingerprint density at radius 2 is 2.32 bits per heavy atom. The van der Waals surface area contributed by atoms with Crippen LogP contribution >= 0.6 is 0 Å². The van der Waals surface area contributed by atoms with Gasteiger partial charge >= 0.3 is 0 Å². The van der Waals surface area contributed by atoms with E-state index < -0.39 is 6.10 Å². The second-order valence-electron chi connectivity index (χ2n) is 4.63. The molecule has 1 aliphatic rings. The molecule has 2 atom stereocenters. The molecule has 2 rings (SSSR count). The normalized spacial score (nSPS) is 19.5. The zero-order chi connectivity index (χ0) is 13.8. The summed E-state index contributed by atoms with van der Waals surface area (Å²) in [6.45, 7) is 3.91. The van der Waals surface area contributed by atoms with Gasteiger partial charge in [-0.15, -0.1) is 0 Å². The smallest absolute Gasteiger partial charge is 0.264 e. The van der Waals surface area contributed by atoms with E-state index in [0.29, 0.717) is 17.7 Å². The molecule has 0 radical (unpaired) electrons. The second kappa shape index (κ2) is 5.82. The topological polar surface area (TPSA) is 50.7 Å². The fraction of sp³-hybridized carbons (Fsp3) is 0.429. The first-order valence-corrected chi connectivity index (χ1v) is 6.39. The van der Waals surface area contributed by atoms with E-state index >= 15 is 0 Å². The molecule has 1 amide bonds. The summed E-state index contributed by atoms with van der Waals surface area (Å²) in [6.07, 6.45) is 0.478. The number of oxime groups is 1. The lowest BCUT2D eigenvalue weighted by atomic mass is 10.0. The number of carbonyl (C=O) groups is 1. The molecule has 0 aliphatic carbocycles. The highest BCUT2D eigenvalue weighted by Crippen LogP contribution is 2.19. The molecule has 0 saturated heterocycles. The average molecular weight is 264 g/mol. The van der Waals surface area contributed by atoms with Gasteiger partial charge in [0.25, 0.3) is 5.91 Å². The van der Waals surface area contributed by atoms with E-state index in [-0.39, 0.29) is 17.8 Å². The molecule has 1 heterocycles. The molecule has 1 aromatic carbocycles. The van der Waals surface area contributed by atoms with Gasteiger partial charge in [0.1, 0.15) is 5.82 Å². The lowest BCUT2D eigenvalue weighted by molar-refractivity contribution is -0.131. The maximum atomic E-state index is 13.6. The van der Waals surface area contributed by atoms with Gasteiger partial charge in [0.05, 0.1) is 5.71 Å². The zero-order valence-corrected chi connectivity index (χ0v) is 11.0. The van der Waals surface area contributed by atoms with Gasteiger partial charge < -0.3 is 10.2 Å². The average Bonchev–Trinajstić information content (AvgIpc) is 2.88. The van der Waals surface area contributed by atoms with E-state index in [1.165, 1.54) is 6.07 Å². The number of nitrogens with one attached hydrogen (secondary N) is 1. The molecule has 1 N–H and O–H groups in total. The first-order chi connectivity index (χ1) is 9.11. The first kappa shape index (κ1) is 13.5. The van der Waals surface area contributed by atoms with Gasteiger partial charge in [-0.2, -0.15) is 0 Å². The molecule has 0 fully saturated rings. The number of halogens is 1. The van der Waals surface area contributed by atoms with Crippen LogP contribution in [0.1, 0.15) is 32.3 Å². The van der Waals surface area contributed by atoms with Gasteiger partial charge in [-0.3, -0.25) is 4.79 Å². The van der Waals surface area contributed by atoms with Crippen LogP contribution in [0.25, 0.3) is 0 Å². The second-order valence-corrected chi connectivity index (χ2v) is 4.63. The van der Waals surface area contributed by atoms with Crippen LogP contribution < -0.4 is 5.32 Å². The molecular weight excluding hydrogens is 247 g/mol. The number of benzene rings is 1. The highest BCUT2D eigenvalue weighted by molar-refractivity contribution is 6.04.